The molecule has 0 unspecified atom stereocenters. The Morgan fingerprint density at radius 1 is 1.20 bits per heavy atom. The second-order valence-electron chi connectivity index (χ2n) is 4.93. The number of aromatic nitrogens is 4. The number of anilines is 3. The normalized spacial score (nSPS) is 11.4. The van der Waals surface area contributed by atoms with E-state index in [2.05, 4.69) is 20.4 Å². The molecule has 1 aromatic carbocycles. The van der Waals surface area contributed by atoms with Crippen LogP contribution in [0.5, 0.6) is 5.75 Å². The van der Waals surface area contributed by atoms with E-state index in [1.165, 1.54) is 17.9 Å². The summed E-state index contributed by atoms with van der Waals surface area (Å²) in [5, 5.41) is 6.80. The fraction of sp³-hybridized carbons (Fsp3) is 0.133. The van der Waals surface area contributed by atoms with E-state index in [0.29, 0.717) is 5.82 Å². The van der Waals surface area contributed by atoms with Gasteiger partial charge in [-0.1, -0.05) is 6.07 Å². The van der Waals surface area contributed by atoms with Crippen LogP contribution in [0, 0.1) is 0 Å². The first-order valence-corrected chi connectivity index (χ1v) is 7.04. The molecule has 0 aliphatic carbocycles. The van der Waals surface area contributed by atoms with Crippen LogP contribution in [0.25, 0.3) is 5.82 Å². The molecule has 0 fully saturated rings. The maximum atomic E-state index is 12.9. The van der Waals surface area contributed by atoms with E-state index in [1.807, 2.05) is 0 Å². The summed E-state index contributed by atoms with van der Waals surface area (Å²) >= 11 is 0. The molecule has 2 heterocycles. The van der Waals surface area contributed by atoms with Gasteiger partial charge in [-0.25, -0.2) is 4.98 Å². The maximum Gasteiger partial charge on any atom is 0.416 e. The number of methoxy groups -OCH3 is 1. The number of hydrogen-bond acceptors (Lipinski definition) is 6. The number of alkyl halides is 3. The summed E-state index contributed by atoms with van der Waals surface area (Å²) in [6.07, 6.45) is -2.93. The van der Waals surface area contributed by atoms with Crippen LogP contribution in [0.2, 0.25) is 0 Å². The monoisotopic (exact) mass is 350 g/mol. The van der Waals surface area contributed by atoms with Crippen LogP contribution in [-0.2, 0) is 6.18 Å². The standard InChI is InChI=1S/C15H13F3N6O/c1-25-11-6-5-9(15(16,17)18)8-10(11)21-14-22-13(19)24(23-14)12-4-2-3-7-20-12/h2-8H,1H3,(H3,19,21,22,23). The van der Waals surface area contributed by atoms with Crippen molar-refractivity contribution in [3.63, 3.8) is 0 Å². The van der Waals surface area contributed by atoms with Crippen molar-refractivity contribution in [2.24, 2.45) is 0 Å². The number of nitrogens with zero attached hydrogens (tertiary/aromatic N) is 4. The molecule has 10 heteroatoms. The quantitative estimate of drug-likeness (QED) is 0.752. The fourth-order valence-corrected chi connectivity index (χ4v) is 2.13. The Balaban J connectivity index is 1.95. The lowest BCUT2D eigenvalue weighted by atomic mass is 10.2. The molecule has 0 amide bonds. The molecule has 0 saturated carbocycles. The molecule has 0 radical (unpaired) electrons. The van der Waals surface area contributed by atoms with Crippen molar-refractivity contribution in [2.45, 2.75) is 6.18 Å². The van der Waals surface area contributed by atoms with Gasteiger partial charge in [0.05, 0.1) is 18.4 Å². The molecule has 7 nitrogen and oxygen atoms in total. The predicted molar refractivity (Wildman–Crippen MR) is 84.8 cm³/mol. The number of rotatable bonds is 4. The van der Waals surface area contributed by atoms with Crippen LogP contribution in [0.4, 0.5) is 30.8 Å². The predicted octanol–water partition coefficient (Wildman–Crippen LogP) is 3.02. The van der Waals surface area contributed by atoms with Gasteiger partial charge in [-0.05, 0) is 30.3 Å². The molecule has 0 spiro atoms. The minimum Gasteiger partial charge on any atom is -0.495 e. The molecule has 3 N–H and O–H groups in total. The van der Waals surface area contributed by atoms with Gasteiger partial charge in [0.2, 0.25) is 11.9 Å². The first-order valence-electron chi connectivity index (χ1n) is 7.04. The lowest BCUT2D eigenvalue weighted by Crippen LogP contribution is -2.06. The van der Waals surface area contributed by atoms with Gasteiger partial charge < -0.3 is 15.8 Å². The average molecular weight is 350 g/mol. The van der Waals surface area contributed by atoms with Gasteiger partial charge in [0.1, 0.15) is 5.75 Å². The lowest BCUT2D eigenvalue weighted by molar-refractivity contribution is -0.137. The van der Waals surface area contributed by atoms with Gasteiger partial charge in [0, 0.05) is 6.20 Å². The highest BCUT2D eigenvalue weighted by Crippen LogP contribution is 2.35. The van der Waals surface area contributed by atoms with Gasteiger partial charge in [0.15, 0.2) is 5.82 Å². The van der Waals surface area contributed by atoms with Gasteiger partial charge in [-0.2, -0.15) is 22.8 Å². The van der Waals surface area contributed by atoms with Gasteiger partial charge in [-0.3, -0.25) is 0 Å². The average Bonchev–Trinajstić information content (AvgIpc) is 2.95. The maximum absolute atomic E-state index is 12.9. The molecule has 3 aromatic rings. The number of halogens is 3. The Labute approximate surface area is 140 Å². The Morgan fingerprint density at radius 3 is 2.64 bits per heavy atom. The van der Waals surface area contributed by atoms with Crippen molar-refractivity contribution in [3.8, 4) is 11.6 Å². The molecule has 25 heavy (non-hydrogen) atoms. The van der Waals surface area contributed by atoms with Crippen molar-refractivity contribution < 1.29 is 17.9 Å². The smallest absolute Gasteiger partial charge is 0.416 e. The Bertz CT molecular complexity index is 879. The Morgan fingerprint density at radius 2 is 2.00 bits per heavy atom. The highest BCUT2D eigenvalue weighted by molar-refractivity contribution is 5.64. The van der Waals surface area contributed by atoms with Crippen LogP contribution in [0.1, 0.15) is 5.56 Å². The first kappa shape index (κ1) is 16.6. The number of hydrogen-bond donors (Lipinski definition) is 2. The minimum absolute atomic E-state index is 0.0146. The Hall–Kier alpha value is -3.30. The van der Waals surface area contributed by atoms with Crippen molar-refractivity contribution in [3.05, 3.63) is 48.2 Å². The van der Waals surface area contributed by atoms with Gasteiger partial charge in [0.25, 0.3) is 0 Å². The third kappa shape index (κ3) is 3.47. The number of pyridine rings is 1. The molecule has 2 aromatic heterocycles. The SMILES string of the molecule is COc1ccc(C(F)(F)F)cc1Nc1nc(N)n(-c2ccccn2)n1. The topological polar surface area (TPSA) is 90.9 Å². The first-order chi connectivity index (χ1) is 11.9. The molecule has 3 rings (SSSR count). The van der Waals surface area contributed by atoms with Crippen molar-refractivity contribution in [1.82, 2.24) is 19.7 Å². The van der Waals surface area contributed by atoms with Gasteiger partial charge in [-0.15, -0.1) is 5.10 Å². The molecule has 130 valence electrons. The van der Waals surface area contributed by atoms with E-state index < -0.39 is 11.7 Å². The van der Waals surface area contributed by atoms with E-state index in [1.54, 1.807) is 24.4 Å². The van der Waals surface area contributed by atoms with E-state index in [9.17, 15) is 13.2 Å². The highest BCUT2D eigenvalue weighted by atomic mass is 19.4. The Kier molecular flexibility index (Phi) is 4.17. The summed E-state index contributed by atoms with van der Waals surface area (Å²) < 4.78 is 45.0. The zero-order valence-electron chi connectivity index (χ0n) is 12.9. The lowest BCUT2D eigenvalue weighted by Gasteiger charge is -2.12. The number of benzene rings is 1. The molecule has 0 bridgehead atoms. The second-order valence-corrected chi connectivity index (χ2v) is 4.93. The summed E-state index contributed by atoms with van der Waals surface area (Å²) in [6.45, 7) is 0. The van der Waals surface area contributed by atoms with E-state index in [0.717, 1.165) is 12.1 Å². The molecule has 0 atom stereocenters. The number of nitrogen functional groups attached to an aromatic ring is 1. The van der Waals surface area contributed by atoms with Crippen molar-refractivity contribution in [1.29, 1.82) is 0 Å². The molecular weight excluding hydrogens is 337 g/mol. The number of ether oxygens (including phenoxy) is 1. The fourth-order valence-electron chi connectivity index (χ4n) is 2.13. The van der Waals surface area contributed by atoms with E-state index in [-0.39, 0.29) is 23.3 Å². The van der Waals surface area contributed by atoms with Gasteiger partial charge >= 0.3 is 6.18 Å². The summed E-state index contributed by atoms with van der Waals surface area (Å²) in [5.41, 5.74) is 5.03. The zero-order valence-corrected chi connectivity index (χ0v) is 12.9. The molecule has 0 aliphatic rings. The highest BCUT2D eigenvalue weighted by Gasteiger charge is 2.31. The zero-order chi connectivity index (χ0) is 18.0. The molecular formula is C15H13F3N6O. The van der Waals surface area contributed by atoms with E-state index >= 15 is 0 Å². The molecule has 0 saturated heterocycles. The third-order valence-electron chi connectivity index (χ3n) is 3.27. The van der Waals surface area contributed by atoms with Crippen LogP contribution in [-0.4, -0.2) is 26.9 Å². The summed E-state index contributed by atoms with van der Waals surface area (Å²) in [7, 11) is 1.35. The van der Waals surface area contributed by atoms with E-state index in [4.69, 9.17) is 10.5 Å². The summed E-state index contributed by atoms with van der Waals surface area (Å²) in [5.74, 6) is 0.685. The largest absolute Gasteiger partial charge is 0.495 e. The minimum atomic E-state index is -4.48. The van der Waals surface area contributed by atoms with Crippen LogP contribution in [0.3, 0.4) is 0 Å². The number of nitrogens with one attached hydrogen (secondary N) is 1. The molecule has 0 aliphatic heterocycles. The van der Waals surface area contributed by atoms with Crippen molar-refractivity contribution in [2.75, 3.05) is 18.2 Å². The second kappa shape index (κ2) is 6.30. The summed E-state index contributed by atoms with van der Waals surface area (Å²) in [6, 6.07) is 8.19. The summed E-state index contributed by atoms with van der Waals surface area (Å²) in [4.78, 5) is 8.08. The van der Waals surface area contributed by atoms with Crippen LogP contribution >= 0.6 is 0 Å². The van der Waals surface area contributed by atoms with Crippen molar-refractivity contribution >= 4 is 17.6 Å². The third-order valence-corrected chi connectivity index (χ3v) is 3.27. The van der Waals surface area contributed by atoms with Crippen LogP contribution < -0.4 is 15.8 Å². The van der Waals surface area contributed by atoms with Crippen LogP contribution in [0.15, 0.2) is 42.6 Å². The number of nitrogens with two attached hydrogens (primary N) is 1.